The molecule has 0 aromatic carbocycles. The highest BCUT2D eigenvalue weighted by Crippen LogP contribution is 2.12. The van der Waals surface area contributed by atoms with Crippen LogP contribution in [0, 0.1) is 11.3 Å². The molecule has 0 aliphatic heterocycles. The van der Waals surface area contributed by atoms with Crippen LogP contribution in [0.25, 0.3) is 0 Å². The van der Waals surface area contributed by atoms with E-state index in [1.807, 2.05) is 23.9 Å². The maximum atomic E-state index is 8.81. The van der Waals surface area contributed by atoms with Gasteiger partial charge in [-0.05, 0) is 37.0 Å². The molecule has 0 aliphatic rings. The van der Waals surface area contributed by atoms with Gasteiger partial charge in [0.25, 0.3) is 0 Å². The maximum Gasteiger partial charge on any atom is 0.165 e. The molecule has 4 nitrogen and oxygen atoms in total. The normalized spacial score (nSPS) is 10.0. The molecule has 1 rings (SSSR count). The number of nitrogens with one attached hydrogen (secondary N) is 1. The van der Waals surface area contributed by atoms with E-state index >= 15 is 0 Å². The number of hydrogen-bond acceptors (Lipinski definition) is 5. The van der Waals surface area contributed by atoms with Gasteiger partial charge in [0, 0.05) is 6.54 Å². The Kier molecular flexibility index (Phi) is 7.04. The minimum absolute atomic E-state index is 0.292. The third-order valence-electron chi connectivity index (χ3n) is 2.61. The van der Waals surface area contributed by atoms with E-state index in [4.69, 9.17) is 11.0 Å². The fourth-order valence-corrected chi connectivity index (χ4v) is 2.09. The van der Waals surface area contributed by atoms with E-state index in [1.165, 1.54) is 25.0 Å². The van der Waals surface area contributed by atoms with E-state index < -0.39 is 0 Å². The predicted octanol–water partition coefficient (Wildman–Crippen LogP) is 2.87. The molecule has 0 amide bonds. The summed E-state index contributed by atoms with van der Waals surface area (Å²) in [5.41, 5.74) is 6.33. The fraction of sp³-hybridized carbons (Fsp3) is 0.538. The largest absolute Gasteiger partial charge is 0.396 e. The molecule has 0 radical (unpaired) electrons. The van der Waals surface area contributed by atoms with Crippen LogP contribution in [-0.4, -0.2) is 23.5 Å². The monoisotopic (exact) mass is 264 g/mol. The zero-order valence-corrected chi connectivity index (χ0v) is 11.6. The van der Waals surface area contributed by atoms with Crippen molar-refractivity contribution in [3.63, 3.8) is 0 Å². The second kappa shape index (κ2) is 8.65. The molecular weight excluding hydrogens is 244 g/mol. The number of pyridine rings is 1. The summed E-state index contributed by atoms with van der Waals surface area (Å²) in [4.78, 5) is 4.14. The lowest BCUT2D eigenvalue weighted by Crippen LogP contribution is -2.05. The van der Waals surface area contributed by atoms with Crippen LogP contribution >= 0.6 is 11.8 Å². The molecule has 1 aromatic heterocycles. The molecule has 98 valence electrons. The van der Waals surface area contributed by atoms with Gasteiger partial charge in [0.15, 0.2) is 5.69 Å². The van der Waals surface area contributed by atoms with E-state index in [-0.39, 0.29) is 0 Å². The number of nitrogens with zero attached hydrogens (tertiary/aromatic N) is 2. The van der Waals surface area contributed by atoms with Crippen LogP contribution in [0.2, 0.25) is 0 Å². The number of thioether (sulfide) groups is 1. The number of unbranched alkanes of at least 4 members (excludes halogenated alkanes) is 3. The molecule has 1 heterocycles. The van der Waals surface area contributed by atoms with E-state index in [9.17, 15) is 0 Å². The maximum absolute atomic E-state index is 8.81. The van der Waals surface area contributed by atoms with Crippen LogP contribution in [-0.2, 0) is 0 Å². The van der Waals surface area contributed by atoms with Crippen molar-refractivity contribution in [1.29, 1.82) is 5.26 Å². The molecule has 0 atom stereocenters. The minimum atomic E-state index is 0.292. The van der Waals surface area contributed by atoms with Crippen molar-refractivity contribution in [2.24, 2.45) is 0 Å². The Morgan fingerprint density at radius 3 is 2.83 bits per heavy atom. The molecule has 0 bridgehead atoms. The highest BCUT2D eigenvalue weighted by molar-refractivity contribution is 7.98. The van der Waals surface area contributed by atoms with Crippen LogP contribution in [0.5, 0.6) is 0 Å². The topological polar surface area (TPSA) is 74.7 Å². The molecule has 5 heteroatoms. The molecule has 0 fully saturated rings. The third kappa shape index (κ3) is 5.28. The van der Waals surface area contributed by atoms with Gasteiger partial charge in [-0.3, -0.25) is 0 Å². The van der Waals surface area contributed by atoms with Gasteiger partial charge in [-0.25, -0.2) is 4.98 Å². The van der Waals surface area contributed by atoms with Crippen LogP contribution in [0.1, 0.15) is 31.4 Å². The second-order valence-corrected chi connectivity index (χ2v) is 5.07. The molecule has 0 unspecified atom stereocenters. The number of nitrogens with two attached hydrogens (primary N) is 1. The highest BCUT2D eigenvalue weighted by Gasteiger charge is 2.01. The molecule has 18 heavy (non-hydrogen) atoms. The number of hydrogen-bond donors (Lipinski definition) is 2. The van der Waals surface area contributed by atoms with Crippen LogP contribution in [0.4, 0.5) is 11.5 Å². The van der Waals surface area contributed by atoms with E-state index in [0.717, 1.165) is 18.8 Å². The van der Waals surface area contributed by atoms with Gasteiger partial charge in [-0.15, -0.1) is 0 Å². The summed E-state index contributed by atoms with van der Waals surface area (Å²) >= 11 is 1.90. The summed E-state index contributed by atoms with van der Waals surface area (Å²) in [6, 6.07) is 5.51. The molecule has 3 N–H and O–H groups in total. The van der Waals surface area contributed by atoms with E-state index in [0.29, 0.717) is 11.4 Å². The first-order valence-corrected chi connectivity index (χ1v) is 7.56. The Bertz CT molecular complexity index is 400. The zero-order chi connectivity index (χ0) is 13.2. The van der Waals surface area contributed by atoms with Crippen molar-refractivity contribution in [3.05, 3.63) is 17.8 Å². The molecule has 0 spiro atoms. The van der Waals surface area contributed by atoms with Gasteiger partial charge in [0.1, 0.15) is 11.9 Å². The number of aromatic nitrogens is 1. The van der Waals surface area contributed by atoms with Gasteiger partial charge < -0.3 is 11.1 Å². The van der Waals surface area contributed by atoms with Crippen molar-refractivity contribution >= 4 is 23.3 Å². The van der Waals surface area contributed by atoms with Crippen LogP contribution in [0.3, 0.4) is 0 Å². The third-order valence-corrected chi connectivity index (χ3v) is 3.31. The van der Waals surface area contributed by atoms with Crippen LogP contribution in [0.15, 0.2) is 12.1 Å². The molecule has 1 aromatic rings. The lowest BCUT2D eigenvalue weighted by Gasteiger charge is -2.06. The van der Waals surface area contributed by atoms with Crippen molar-refractivity contribution in [3.8, 4) is 6.07 Å². The summed E-state index contributed by atoms with van der Waals surface area (Å²) in [6.45, 7) is 0.890. The number of anilines is 2. The van der Waals surface area contributed by atoms with E-state index in [2.05, 4.69) is 16.6 Å². The average molecular weight is 264 g/mol. The second-order valence-electron chi connectivity index (χ2n) is 4.08. The molecule has 0 aliphatic carbocycles. The van der Waals surface area contributed by atoms with Gasteiger partial charge in [-0.2, -0.15) is 17.0 Å². The standard InChI is InChI=1S/C13H20N4S/c1-18-9-5-3-2-4-8-16-13-7-6-11(15)12(10-14)17-13/h6-7H,2-5,8-9,15H2,1H3,(H,16,17). The predicted molar refractivity (Wildman–Crippen MR) is 78.7 cm³/mol. The number of nitriles is 1. The SMILES string of the molecule is CSCCCCCCNc1ccc(N)c(C#N)n1. The lowest BCUT2D eigenvalue weighted by molar-refractivity contribution is 0.688. The van der Waals surface area contributed by atoms with Gasteiger partial charge in [0.05, 0.1) is 5.69 Å². The molecule has 0 saturated carbocycles. The van der Waals surface area contributed by atoms with Gasteiger partial charge in [0.2, 0.25) is 0 Å². The van der Waals surface area contributed by atoms with Gasteiger partial charge in [-0.1, -0.05) is 12.8 Å². The Morgan fingerprint density at radius 2 is 2.11 bits per heavy atom. The van der Waals surface area contributed by atoms with E-state index in [1.54, 1.807) is 6.07 Å². The average Bonchev–Trinajstić information content (AvgIpc) is 2.39. The zero-order valence-electron chi connectivity index (χ0n) is 10.8. The Labute approximate surface area is 113 Å². The van der Waals surface area contributed by atoms with Crippen LogP contribution < -0.4 is 11.1 Å². The Balaban J connectivity index is 2.22. The van der Waals surface area contributed by atoms with Crippen molar-refractivity contribution in [2.45, 2.75) is 25.7 Å². The first kappa shape index (κ1) is 14.7. The highest BCUT2D eigenvalue weighted by atomic mass is 32.2. The fourth-order valence-electron chi connectivity index (χ4n) is 1.60. The Hall–Kier alpha value is -1.41. The van der Waals surface area contributed by atoms with Crippen molar-refractivity contribution in [2.75, 3.05) is 29.6 Å². The summed E-state index contributed by atoms with van der Waals surface area (Å²) in [7, 11) is 0. The first-order valence-electron chi connectivity index (χ1n) is 6.17. The molecular formula is C13H20N4S. The number of rotatable bonds is 8. The summed E-state index contributed by atoms with van der Waals surface area (Å²) in [5.74, 6) is 1.98. The first-order chi connectivity index (χ1) is 8.77. The summed E-state index contributed by atoms with van der Waals surface area (Å²) in [6.07, 6.45) is 7.07. The number of nitrogen functional groups attached to an aromatic ring is 1. The summed E-state index contributed by atoms with van der Waals surface area (Å²) in [5, 5.41) is 12.0. The Morgan fingerprint density at radius 1 is 1.33 bits per heavy atom. The van der Waals surface area contributed by atoms with Crippen molar-refractivity contribution < 1.29 is 0 Å². The van der Waals surface area contributed by atoms with Crippen molar-refractivity contribution in [1.82, 2.24) is 4.98 Å². The quantitative estimate of drug-likeness (QED) is 0.706. The minimum Gasteiger partial charge on any atom is -0.396 e. The molecule has 0 saturated heterocycles. The lowest BCUT2D eigenvalue weighted by atomic mass is 10.2. The summed E-state index contributed by atoms with van der Waals surface area (Å²) < 4.78 is 0. The van der Waals surface area contributed by atoms with Gasteiger partial charge >= 0.3 is 0 Å². The smallest absolute Gasteiger partial charge is 0.165 e.